The highest BCUT2D eigenvalue weighted by molar-refractivity contribution is 6.03. The summed E-state index contributed by atoms with van der Waals surface area (Å²) in [6.07, 6.45) is 3.68. The predicted molar refractivity (Wildman–Crippen MR) is 187 cm³/mol. The van der Waals surface area contributed by atoms with Crippen LogP contribution in [-0.2, 0) is 0 Å². The smallest absolute Gasteiger partial charge is 0.145 e. The second kappa shape index (κ2) is 11.6. The summed E-state index contributed by atoms with van der Waals surface area (Å²) in [7, 11) is 0. The van der Waals surface area contributed by atoms with Crippen LogP contribution in [0.25, 0.3) is 55.3 Å². The Bertz CT molecular complexity index is 2260. The third-order valence-electron chi connectivity index (χ3n) is 8.25. The molecular formula is C41H28N4O. The van der Waals surface area contributed by atoms with E-state index in [1.165, 1.54) is 0 Å². The molecule has 218 valence electrons. The first-order valence-electron chi connectivity index (χ1n) is 15.2. The summed E-state index contributed by atoms with van der Waals surface area (Å²) in [5, 5.41) is 15.3. The van der Waals surface area contributed by atoms with Crippen LogP contribution >= 0.6 is 0 Å². The van der Waals surface area contributed by atoms with Gasteiger partial charge in [-0.05, 0) is 47.2 Å². The molecule has 46 heavy (non-hydrogen) atoms. The molecule has 1 N–H and O–H groups in total. The lowest BCUT2D eigenvalue weighted by molar-refractivity contribution is 0.477. The van der Waals surface area contributed by atoms with Crippen molar-refractivity contribution >= 4 is 38.7 Å². The van der Waals surface area contributed by atoms with Gasteiger partial charge in [0.05, 0.1) is 23.3 Å². The van der Waals surface area contributed by atoms with Gasteiger partial charge in [0.2, 0.25) is 0 Å². The second-order valence-corrected chi connectivity index (χ2v) is 11.1. The summed E-state index contributed by atoms with van der Waals surface area (Å²) in [4.78, 5) is 17.2. The normalized spacial score (nSPS) is 11.1. The van der Waals surface area contributed by atoms with Crippen LogP contribution < -0.4 is 4.90 Å². The number of aromatic nitrogens is 3. The van der Waals surface area contributed by atoms with Gasteiger partial charge in [0.15, 0.2) is 0 Å². The van der Waals surface area contributed by atoms with Gasteiger partial charge in [-0.25, -0.2) is 9.97 Å². The van der Waals surface area contributed by atoms with Crippen LogP contribution in [0.4, 0.5) is 17.2 Å². The van der Waals surface area contributed by atoms with Crippen LogP contribution in [-0.4, -0.2) is 20.1 Å². The Morgan fingerprint density at radius 3 is 2.04 bits per heavy atom. The van der Waals surface area contributed by atoms with Crippen molar-refractivity contribution in [3.05, 3.63) is 164 Å². The first-order valence-corrected chi connectivity index (χ1v) is 15.2. The number of aromatic hydroxyl groups is 1. The number of pyridine rings is 1. The highest BCUT2D eigenvalue weighted by Crippen LogP contribution is 2.42. The van der Waals surface area contributed by atoms with Gasteiger partial charge in [0, 0.05) is 39.3 Å². The molecule has 0 bridgehead atoms. The molecule has 0 saturated carbocycles. The van der Waals surface area contributed by atoms with Gasteiger partial charge in [0.25, 0.3) is 0 Å². The lowest BCUT2D eigenvalue weighted by Crippen LogP contribution is -2.12. The molecule has 0 radical (unpaired) electrons. The van der Waals surface area contributed by atoms with Gasteiger partial charge in [-0.2, -0.15) is 0 Å². The molecule has 0 aliphatic carbocycles. The first-order chi connectivity index (χ1) is 22.7. The van der Waals surface area contributed by atoms with Crippen LogP contribution in [0.5, 0.6) is 5.75 Å². The Kier molecular flexibility index (Phi) is 6.89. The number of benzene rings is 6. The summed E-state index contributed by atoms with van der Waals surface area (Å²) in [5.74, 6) is 0.996. The zero-order valence-corrected chi connectivity index (χ0v) is 24.8. The fourth-order valence-electron chi connectivity index (χ4n) is 6.06. The molecule has 0 saturated heterocycles. The summed E-state index contributed by atoms with van der Waals surface area (Å²) in [5.41, 5.74) is 6.45. The van der Waals surface area contributed by atoms with Crippen molar-refractivity contribution in [1.82, 2.24) is 15.0 Å². The minimum absolute atomic E-state index is 0.157. The zero-order chi connectivity index (χ0) is 30.9. The molecule has 6 aromatic carbocycles. The molecule has 8 rings (SSSR count). The van der Waals surface area contributed by atoms with Crippen molar-refractivity contribution in [2.45, 2.75) is 0 Å². The molecule has 2 heterocycles. The van der Waals surface area contributed by atoms with E-state index in [4.69, 9.17) is 15.0 Å². The van der Waals surface area contributed by atoms with Crippen LogP contribution in [0.3, 0.4) is 0 Å². The van der Waals surface area contributed by atoms with Crippen molar-refractivity contribution in [1.29, 1.82) is 0 Å². The van der Waals surface area contributed by atoms with Crippen LogP contribution in [0.15, 0.2) is 164 Å². The number of phenolic OH excluding ortho intramolecular Hbond substituents is 1. The number of para-hydroxylation sites is 1. The topological polar surface area (TPSA) is 62.1 Å². The van der Waals surface area contributed by atoms with Crippen molar-refractivity contribution in [2.75, 3.05) is 4.90 Å². The van der Waals surface area contributed by atoms with Gasteiger partial charge in [0.1, 0.15) is 17.3 Å². The average Bonchev–Trinajstić information content (AvgIpc) is 3.12. The number of fused-ring (bicyclic) bond motifs is 2. The Hall–Kier alpha value is -6.33. The third kappa shape index (κ3) is 4.90. The van der Waals surface area contributed by atoms with Crippen molar-refractivity contribution < 1.29 is 5.11 Å². The zero-order valence-electron chi connectivity index (χ0n) is 24.8. The number of anilines is 3. The number of hydrogen-bond donors (Lipinski definition) is 1. The van der Waals surface area contributed by atoms with Crippen LogP contribution in [0.2, 0.25) is 0 Å². The molecule has 0 aliphatic heterocycles. The van der Waals surface area contributed by atoms with Gasteiger partial charge >= 0.3 is 0 Å². The van der Waals surface area contributed by atoms with Crippen molar-refractivity contribution in [2.24, 2.45) is 0 Å². The molecule has 8 aromatic rings. The fourth-order valence-corrected chi connectivity index (χ4v) is 6.06. The van der Waals surface area contributed by atoms with E-state index in [1.54, 1.807) is 6.07 Å². The van der Waals surface area contributed by atoms with Gasteiger partial charge < -0.3 is 5.11 Å². The van der Waals surface area contributed by atoms with Crippen molar-refractivity contribution in [3.8, 4) is 39.5 Å². The largest absolute Gasteiger partial charge is 0.507 e. The summed E-state index contributed by atoms with van der Waals surface area (Å²) in [6, 6.07) is 50.7. The molecule has 0 spiro atoms. The number of rotatable bonds is 6. The Labute approximate surface area is 266 Å². The van der Waals surface area contributed by atoms with E-state index in [1.807, 2.05) is 79.1 Å². The Morgan fingerprint density at radius 2 is 1.20 bits per heavy atom. The highest BCUT2D eigenvalue weighted by atomic mass is 16.3. The molecular weight excluding hydrogens is 564 g/mol. The SMILES string of the molecule is Oc1ccccc1-c1nc(-c2cccc(N(c3cccc4ccccc34)c3nccc4ccccc34)c2)cnc1-c1ccccc1. The monoisotopic (exact) mass is 592 g/mol. The standard InChI is InChI=1S/C41H28N4O/c46-38-23-9-8-21-35(38)40-39(30-14-2-1-3-15-30)43-27-36(44-40)31-17-10-18-32(26-31)45(37-22-11-16-28-12-4-6-19-33(28)37)41-34-20-7-5-13-29(34)24-25-42-41/h1-27,46H. The molecule has 0 fully saturated rings. The predicted octanol–water partition coefficient (Wildman–Crippen LogP) is 10.4. The van der Waals surface area contributed by atoms with E-state index in [0.717, 1.165) is 49.9 Å². The second-order valence-electron chi connectivity index (χ2n) is 11.1. The number of hydrogen-bond acceptors (Lipinski definition) is 5. The van der Waals surface area contributed by atoms with E-state index in [9.17, 15) is 5.11 Å². The quantitative estimate of drug-likeness (QED) is 0.208. The van der Waals surface area contributed by atoms with E-state index in [0.29, 0.717) is 22.6 Å². The first kappa shape index (κ1) is 27.2. The maximum atomic E-state index is 10.9. The molecule has 0 amide bonds. The average molecular weight is 593 g/mol. The third-order valence-corrected chi connectivity index (χ3v) is 8.25. The van der Waals surface area contributed by atoms with E-state index in [2.05, 4.69) is 83.8 Å². The van der Waals surface area contributed by atoms with Gasteiger partial charge in [-0.15, -0.1) is 0 Å². The lowest BCUT2D eigenvalue weighted by atomic mass is 10.0. The van der Waals surface area contributed by atoms with Gasteiger partial charge in [-0.1, -0.05) is 115 Å². The van der Waals surface area contributed by atoms with Crippen LogP contribution in [0.1, 0.15) is 0 Å². The Balaban J connectivity index is 1.33. The molecule has 5 heteroatoms. The van der Waals surface area contributed by atoms with Crippen LogP contribution in [0, 0.1) is 0 Å². The molecule has 0 aliphatic rings. The highest BCUT2D eigenvalue weighted by Gasteiger charge is 2.21. The van der Waals surface area contributed by atoms with E-state index < -0.39 is 0 Å². The van der Waals surface area contributed by atoms with E-state index in [-0.39, 0.29) is 5.75 Å². The Morgan fingerprint density at radius 1 is 0.522 bits per heavy atom. The number of nitrogens with zero attached hydrogens (tertiary/aromatic N) is 4. The molecule has 0 atom stereocenters. The maximum absolute atomic E-state index is 10.9. The summed E-state index contributed by atoms with van der Waals surface area (Å²) < 4.78 is 0. The maximum Gasteiger partial charge on any atom is 0.145 e. The fraction of sp³-hybridized carbons (Fsp3) is 0. The lowest BCUT2D eigenvalue weighted by Gasteiger charge is -2.27. The molecule has 5 nitrogen and oxygen atoms in total. The minimum Gasteiger partial charge on any atom is -0.507 e. The molecule has 0 unspecified atom stereocenters. The van der Waals surface area contributed by atoms with E-state index >= 15 is 0 Å². The minimum atomic E-state index is 0.157. The summed E-state index contributed by atoms with van der Waals surface area (Å²) in [6.45, 7) is 0. The van der Waals surface area contributed by atoms with Crippen molar-refractivity contribution in [3.63, 3.8) is 0 Å². The molecule has 2 aromatic heterocycles. The van der Waals surface area contributed by atoms with Gasteiger partial charge in [-0.3, -0.25) is 9.88 Å². The summed E-state index contributed by atoms with van der Waals surface area (Å²) >= 11 is 0. The number of phenols is 1.